The van der Waals surface area contributed by atoms with Gasteiger partial charge >= 0.3 is 0 Å². The number of aryl methyl sites for hydroxylation is 1. The van der Waals surface area contributed by atoms with Crippen LogP contribution >= 0.6 is 0 Å². The third-order valence-electron chi connectivity index (χ3n) is 5.30. The van der Waals surface area contributed by atoms with Gasteiger partial charge in [0.2, 0.25) is 5.91 Å². The fourth-order valence-electron chi connectivity index (χ4n) is 3.55. The number of H-pyrrole nitrogens is 1. The number of hydrogen-bond acceptors (Lipinski definition) is 3. The number of nitrogens with one attached hydrogen (secondary N) is 2. The van der Waals surface area contributed by atoms with Crippen LogP contribution in [-0.2, 0) is 11.2 Å². The Balaban J connectivity index is 1.61. The minimum atomic E-state index is -0.147. The zero-order valence-electron chi connectivity index (χ0n) is 14.3. The zero-order chi connectivity index (χ0) is 17.1. The average Bonchev–Trinajstić information content (AvgIpc) is 2.57. The number of rotatable bonds is 4. The monoisotopic (exact) mass is 327 g/mol. The molecule has 1 aromatic heterocycles. The van der Waals surface area contributed by atoms with Gasteiger partial charge in [-0.2, -0.15) is 0 Å². The number of aromatic nitrogens is 2. The molecule has 1 aliphatic carbocycles. The molecule has 5 heteroatoms. The molecular formula is C19H25N3O2. The summed E-state index contributed by atoms with van der Waals surface area (Å²) in [6, 6.07) is 7.52. The Morgan fingerprint density at radius 3 is 2.92 bits per heavy atom. The molecule has 0 aliphatic heterocycles. The fraction of sp³-hybridized carbons (Fsp3) is 0.526. The van der Waals surface area contributed by atoms with Crippen LogP contribution in [0.3, 0.4) is 0 Å². The van der Waals surface area contributed by atoms with E-state index >= 15 is 0 Å². The van der Waals surface area contributed by atoms with Gasteiger partial charge in [-0.05, 0) is 30.4 Å². The van der Waals surface area contributed by atoms with Gasteiger partial charge in [-0.15, -0.1) is 0 Å². The van der Waals surface area contributed by atoms with Gasteiger partial charge in [0.15, 0.2) is 0 Å². The Labute approximate surface area is 141 Å². The van der Waals surface area contributed by atoms with Crippen LogP contribution in [0.5, 0.6) is 0 Å². The van der Waals surface area contributed by atoms with Gasteiger partial charge in [-0.25, -0.2) is 4.98 Å². The first-order valence-electron chi connectivity index (χ1n) is 8.82. The minimum absolute atomic E-state index is 0.0387. The number of para-hydroxylation sites is 1. The zero-order valence-corrected chi connectivity index (χ0v) is 14.3. The highest BCUT2D eigenvalue weighted by molar-refractivity contribution is 5.78. The molecule has 3 rings (SSSR count). The maximum Gasteiger partial charge on any atom is 0.258 e. The van der Waals surface area contributed by atoms with Gasteiger partial charge in [0, 0.05) is 18.9 Å². The fourth-order valence-corrected chi connectivity index (χ4v) is 3.55. The van der Waals surface area contributed by atoms with Crippen molar-refractivity contribution in [1.82, 2.24) is 15.3 Å². The number of hydrogen-bond donors (Lipinski definition) is 2. The third-order valence-corrected chi connectivity index (χ3v) is 5.30. The lowest BCUT2D eigenvalue weighted by Crippen LogP contribution is -2.43. The lowest BCUT2D eigenvalue weighted by Gasteiger charge is -2.34. The Morgan fingerprint density at radius 2 is 2.08 bits per heavy atom. The molecule has 2 aromatic rings. The van der Waals surface area contributed by atoms with Crippen molar-refractivity contribution >= 4 is 16.8 Å². The lowest BCUT2D eigenvalue weighted by molar-refractivity contribution is -0.122. The molecule has 1 amide bonds. The average molecular weight is 327 g/mol. The van der Waals surface area contributed by atoms with Crippen LogP contribution in [0.25, 0.3) is 10.9 Å². The van der Waals surface area contributed by atoms with Gasteiger partial charge in [0.05, 0.1) is 10.9 Å². The van der Waals surface area contributed by atoms with Crippen LogP contribution in [0.15, 0.2) is 29.1 Å². The van der Waals surface area contributed by atoms with Crippen LogP contribution in [-0.4, -0.2) is 21.9 Å². The van der Waals surface area contributed by atoms with E-state index in [1.165, 1.54) is 12.8 Å². The molecule has 5 nitrogen and oxygen atoms in total. The van der Waals surface area contributed by atoms with E-state index < -0.39 is 0 Å². The first-order chi connectivity index (χ1) is 11.5. The van der Waals surface area contributed by atoms with Crippen LogP contribution in [0.2, 0.25) is 0 Å². The molecule has 128 valence electrons. The van der Waals surface area contributed by atoms with Gasteiger partial charge in [-0.3, -0.25) is 9.59 Å². The number of aromatic amines is 1. The van der Waals surface area contributed by atoms with E-state index in [1.807, 2.05) is 18.2 Å². The maximum atomic E-state index is 12.3. The van der Waals surface area contributed by atoms with Crippen molar-refractivity contribution in [3.8, 4) is 0 Å². The second-order valence-electron chi connectivity index (χ2n) is 6.97. The second-order valence-corrected chi connectivity index (χ2v) is 6.97. The molecule has 1 heterocycles. The molecule has 1 aliphatic rings. The SMILES string of the molecule is CC1CCCC(NC(=O)CCc2nc3ccccc3c(=O)[nH]2)C1C. The summed E-state index contributed by atoms with van der Waals surface area (Å²) in [6.07, 6.45) is 4.27. The smallest absolute Gasteiger partial charge is 0.258 e. The van der Waals surface area contributed by atoms with E-state index in [9.17, 15) is 9.59 Å². The first kappa shape index (κ1) is 16.7. The number of amides is 1. The Kier molecular flexibility index (Phi) is 4.97. The predicted molar refractivity (Wildman–Crippen MR) is 94.8 cm³/mol. The molecule has 1 aromatic carbocycles. The quantitative estimate of drug-likeness (QED) is 0.907. The van der Waals surface area contributed by atoms with Gasteiger partial charge in [0.25, 0.3) is 5.56 Å². The van der Waals surface area contributed by atoms with Crippen molar-refractivity contribution in [3.05, 3.63) is 40.4 Å². The summed E-state index contributed by atoms with van der Waals surface area (Å²) in [5.41, 5.74) is 0.525. The number of carbonyl (C=O) groups is 1. The van der Waals surface area contributed by atoms with Crippen molar-refractivity contribution in [2.75, 3.05) is 0 Å². The third kappa shape index (κ3) is 3.66. The summed E-state index contributed by atoms with van der Waals surface area (Å²) in [7, 11) is 0. The summed E-state index contributed by atoms with van der Waals surface area (Å²) in [5.74, 6) is 1.78. The van der Waals surface area contributed by atoms with Crippen LogP contribution in [0.1, 0.15) is 45.4 Å². The summed E-state index contributed by atoms with van der Waals surface area (Å²) >= 11 is 0. The maximum absolute atomic E-state index is 12.3. The normalized spacial score (nSPS) is 24.0. The molecule has 3 unspecified atom stereocenters. The van der Waals surface area contributed by atoms with Gasteiger partial charge in [0.1, 0.15) is 5.82 Å². The van der Waals surface area contributed by atoms with E-state index in [2.05, 4.69) is 29.1 Å². The molecule has 1 saturated carbocycles. The highest BCUT2D eigenvalue weighted by atomic mass is 16.1. The van der Waals surface area contributed by atoms with Crippen molar-refractivity contribution in [1.29, 1.82) is 0 Å². The summed E-state index contributed by atoms with van der Waals surface area (Å²) in [4.78, 5) is 31.5. The first-order valence-corrected chi connectivity index (χ1v) is 8.82. The highest BCUT2D eigenvalue weighted by Crippen LogP contribution is 2.29. The van der Waals surface area contributed by atoms with E-state index in [0.29, 0.717) is 41.4 Å². The molecule has 3 atom stereocenters. The lowest BCUT2D eigenvalue weighted by atomic mass is 9.78. The number of benzene rings is 1. The van der Waals surface area contributed by atoms with Crippen molar-refractivity contribution < 1.29 is 4.79 Å². The summed E-state index contributed by atoms with van der Waals surface area (Å²) in [6.45, 7) is 4.48. The van der Waals surface area contributed by atoms with Gasteiger partial charge in [-0.1, -0.05) is 38.8 Å². The summed E-state index contributed by atoms with van der Waals surface area (Å²) in [5, 5.41) is 3.74. The largest absolute Gasteiger partial charge is 0.353 e. The van der Waals surface area contributed by atoms with E-state index in [1.54, 1.807) is 6.07 Å². The molecular weight excluding hydrogens is 302 g/mol. The number of fused-ring (bicyclic) bond motifs is 1. The summed E-state index contributed by atoms with van der Waals surface area (Å²) < 4.78 is 0. The molecule has 0 spiro atoms. The van der Waals surface area contributed by atoms with Crippen molar-refractivity contribution in [2.24, 2.45) is 11.8 Å². The molecule has 0 radical (unpaired) electrons. The van der Waals surface area contributed by atoms with E-state index in [-0.39, 0.29) is 17.5 Å². The molecule has 0 saturated heterocycles. The standard InChI is InChI=1S/C19H25N3O2/c1-12-6-5-9-15(13(12)2)21-18(23)11-10-17-20-16-8-4-3-7-14(16)19(24)22-17/h3-4,7-8,12-13,15H,5-6,9-11H2,1-2H3,(H,21,23)(H,20,22,24). The van der Waals surface area contributed by atoms with Gasteiger partial charge < -0.3 is 10.3 Å². The molecule has 0 bridgehead atoms. The Hall–Kier alpha value is -2.17. The van der Waals surface area contributed by atoms with E-state index in [4.69, 9.17) is 0 Å². The van der Waals surface area contributed by atoms with Crippen LogP contribution in [0, 0.1) is 11.8 Å². The minimum Gasteiger partial charge on any atom is -0.353 e. The number of carbonyl (C=O) groups excluding carboxylic acids is 1. The van der Waals surface area contributed by atoms with Crippen LogP contribution in [0.4, 0.5) is 0 Å². The molecule has 1 fully saturated rings. The Morgan fingerprint density at radius 1 is 1.29 bits per heavy atom. The molecule has 2 N–H and O–H groups in total. The van der Waals surface area contributed by atoms with Crippen LogP contribution < -0.4 is 10.9 Å². The number of nitrogens with zero attached hydrogens (tertiary/aromatic N) is 1. The van der Waals surface area contributed by atoms with Crippen molar-refractivity contribution in [2.45, 2.75) is 52.0 Å². The molecule has 24 heavy (non-hydrogen) atoms. The predicted octanol–water partition coefficient (Wildman–Crippen LogP) is 2.80. The second kappa shape index (κ2) is 7.16. The Bertz CT molecular complexity index is 784. The topological polar surface area (TPSA) is 74.8 Å². The highest BCUT2D eigenvalue weighted by Gasteiger charge is 2.27. The van der Waals surface area contributed by atoms with E-state index in [0.717, 1.165) is 6.42 Å². The van der Waals surface area contributed by atoms with Crippen molar-refractivity contribution in [3.63, 3.8) is 0 Å².